The lowest BCUT2D eigenvalue weighted by atomic mass is 10.2. The van der Waals surface area contributed by atoms with Gasteiger partial charge in [-0.3, -0.25) is 4.21 Å². The summed E-state index contributed by atoms with van der Waals surface area (Å²) in [5.74, 6) is 2.84. The van der Waals surface area contributed by atoms with Gasteiger partial charge in [-0.05, 0) is 0 Å². The van der Waals surface area contributed by atoms with Gasteiger partial charge in [-0.1, -0.05) is 37.0 Å². The fourth-order valence-electron chi connectivity index (χ4n) is 1.74. The van der Waals surface area contributed by atoms with Crippen molar-refractivity contribution in [3.63, 3.8) is 0 Å². The zero-order valence-corrected chi connectivity index (χ0v) is 12.6. The molecule has 0 aliphatic carbocycles. The largest absolute Gasteiger partial charge is 0.353 e. The van der Waals surface area contributed by atoms with Gasteiger partial charge in [0.05, 0.1) is 0 Å². The van der Waals surface area contributed by atoms with E-state index in [0.717, 1.165) is 0 Å². The lowest BCUT2D eigenvalue weighted by Gasteiger charge is -2.28. The Bertz CT molecular complexity index is 472. The molecule has 0 aromatic carbocycles. The highest BCUT2D eigenvalue weighted by Gasteiger charge is 2.22. The second-order valence-corrected chi connectivity index (χ2v) is 6.93. The molecule has 0 unspecified atom stereocenters. The Morgan fingerprint density at radius 1 is 1.22 bits per heavy atom. The monoisotopic (exact) mass is 307 g/mol. The Kier molecular flexibility index (Phi) is 4.45. The maximum Gasteiger partial charge on any atom is 0.153 e. The average molecular weight is 308 g/mol. The van der Waals surface area contributed by atoms with Crippen molar-refractivity contribution in [1.29, 1.82) is 0 Å². The molecule has 4 nitrogen and oxygen atoms in total. The molecule has 0 radical (unpaired) electrons. The molecule has 18 heavy (non-hydrogen) atoms. The van der Waals surface area contributed by atoms with E-state index in [0.29, 0.717) is 41.3 Å². The van der Waals surface area contributed by atoms with Crippen molar-refractivity contribution in [1.82, 2.24) is 9.97 Å². The molecule has 1 aromatic heterocycles. The third-order valence-electron chi connectivity index (χ3n) is 2.80. The van der Waals surface area contributed by atoms with E-state index >= 15 is 0 Å². The minimum absolute atomic E-state index is 0.192. The van der Waals surface area contributed by atoms with Gasteiger partial charge in [0, 0.05) is 41.3 Å². The molecule has 0 bridgehead atoms. The molecular formula is C11H15Cl2N3OS. The molecule has 0 spiro atoms. The summed E-state index contributed by atoms with van der Waals surface area (Å²) in [5, 5.41) is 0.672. The van der Waals surface area contributed by atoms with Crippen molar-refractivity contribution in [2.75, 3.05) is 29.5 Å². The van der Waals surface area contributed by atoms with E-state index in [1.165, 1.54) is 0 Å². The Labute approximate surface area is 119 Å². The highest BCUT2D eigenvalue weighted by atomic mass is 35.5. The molecule has 0 atom stereocenters. The minimum atomic E-state index is -0.722. The van der Waals surface area contributed by atoms with E-state index < -0.39 is 10.8 Å². The number of anilines is 1. The number of rotatable bonds is 2. The van der Waals surface area contributed by atoms with Gasteiger partial charge in [-0.25, -0.2) is 9.97 Å². The molecule has 100 valence electrons. The minimum Gasteiger partial charge on any atom is -0.353 e. The van der Waals surface area contributed by atoms with Crippen molar-refractivity contribution in [3.8, 4) is 0 Å². The molecule has 1 aliphatic rings. The zero-order chi connectivity index (χ0) is 13.3. The van der Waals surface area contributed by atoms with Crippen LogP contribution in [-0.2, 0) is 10.8 Å². The van der Waals surface area contributed by atoms with Crippen LogP contribution in [0.3, 0.4) is 0 Å². The third-order valence-corrected chi connectivity index (χ3v) is 4.80. The van der Waals surface area contributed by atoms with Crippen molar-refractivity contribution in [3.05, 3.63) is 16.0 Å². The topological polar surface area (TPSA) is 46.1 Å². The van der Waals surface area contributed by atoms with E-state index in [9.17, 15) is 4.21 Å². The van der Waals surface area contributed by atoms with Crippen LogP contribution in [0, 0.1) is 0 Å². The van der Waals surface area contributed by atoms with Crippen LogP contribution in [0.15, 0.2) is 0 Å². The molecule has 1 aliphatic heterocycles. The van der Waals surface area contributed by atoms with Crippen molar-refractivity contribution < 1.29 is 4.21 Å². The molecule has 1 fully saturated rings. The maximum absolute atomic E-state index is 11.4. The van der Waals surface area contributed by atoms with E-state index in [1.807, 2.05) is 18.7 Å². The van der Waals surface area contributed by atoms with Crippen LogP contribution in [0.1, 0.15) is 25.6 Å². The van der Waals surface area contributed by atoms with Crippen LogP contribution in [0.25, 0.3) is 0 Å². The average Bonchev–Trinajstić information content (AvgIpc) is 2.33. The smallest absolute Gasteiger partial charge is 0.153 e. The summed E-state index contributed by atoms with van der Waals surface area (Å²) >= 11 is 12.2. The van der Waals surface area contributed by atoms with Crippen LogP contribution >= 0.6 is 23.2 Å². The number of nitrogens with zero attached hydrogens (tertiary/aromatic N) is 3. The van der Waals surface area contributed by atoms with Crippen LogP contribution in [0.2, 0.25) is 10.2 Å². The van der Waals surface area contributed by atoms with E-state index in [1.54, 1.807) is 0 Å². The lowest BCUT2D eigenvalue weighted by molar-refractivity contribution is 0.671. The van der Waals surface area contributed by atoms with Crippen LogP contribution in [0.4, 0.5) is 5.82 Å². The van der Waals surface area contributed by atoms with Gasteiger partial charge in [-0.15, -0.1) is 0 Å². The fourth-order valence-corrected chi connectivity index (χ4v) is 3.17. The lowest BCUT2D eigenvalue weighted by Crippen LogP contribution is -2.38. The molecule has 0 saturated carbocycles. The van der Waals surface area contributed by atoms with Crippen LogP contribution in [0.5, 0.6) is 0 Å². The normalized spacial score (nSPS) is 17.5. The first-order chi connectivity index (χ1) is 8.49. The Balaban J connectivity index is 2.34. The molecule has 7 heteroatoms. The first-order valence-corrected chi connectivity index (χ1v) is 8.06. The van der Waals surface area contributed by atoms with E-state index in [4.69, 9.17) is 23.2 Å². The van der Waals surface area contributed by atoms with Crippen LogP contribution in [-0.4, -0.2) is 38.8 Å². The Morgan fingerprint density at radius 3 is 2.39 bits per heavy atom. The predicted octanol–water partition coefficient (Wildman–Crippen LogP) is 2.48. The van der Waals surface area contributed by atoms with E-state index in [2.05, 4.69) is 9.97 Å². The van der Waals surface area contributed by atoms with Gasteiger partial charge in [0.2, 0.25) is 0 Å². The second-order valence-electron chi connectivity index (χ2n) is 4.50. The standard InChI is InChI=1S/C11H15Cl2N3OS/c1-7(2)10-14-9(13)8(12)11(15-10)16-3-5-18(17)6-4-16/h7H,3-6H2,1-2H3. The summed E-state index contributed by atoms with van der Waals surface area (Å²) in [6.45, 7) is 5.40. The SMILES string of the molecule is CC(C)c1nc(Cl)c(Cl)c(N2CCS(=O)CC2)n1. The van der Waals surface area contributed by atoms with Gasteiger partial charge >= 0.3 is 0 Å². The van der Waals surface area contributed by atoms with Crippen molar-refractivity contribution in [2.24, 2.45) is 0 Å². The summed E-state index contributed by atoms with van der Waals surface area (Å²) in [5.41, 5.74) is 0. The van der Waals surface area contributed by atoms with Gasteiger partial charge in [0.1, 0.15) is 10.8 Å². The summed E-state index contributed by atoms with van der Waals surface area (Å²) in [7, 11) is -0.722. The number of halogens is 2. The first kappa shape index (κ1) is 14.0. The number of aromatic nitrogens is 2. The summed E-state index contributed by atoms with van der Waals surface area (Å²) in [6.07, 6.45) is 0. The summed E-state index contributed by atoms with van der Waals surface area (Å²) < 4.78 is 11.4. The van der Waals surface area contributed by atoms with Gasteiger partial charge in [0.25, 0.3) is 0 Å². The predicted molar refractivity (Wildman–Crippen MR) is 76.2 cm³/mol. The Morgan fingerprint density at radius 2 is 1.83 bits per heavy atom. The van der Waals surface area contributed by atoms with Crippen molar-refractivity contribution in [2.45, 2.75) is 19.8 Å². The molecule has 2 rings (SSSR count). The number of hydrogen-bond acceptors (Lipinski definition) is 4. The van der Waals surface area contributed by atoms with E-state index in [-0.39, 0.29) is 11.1 Å². The number of hydrogen-bond donors (Lipinski definition) is 0. The molecular weight excluding hydrogens is 293 g/mol. The van der Waals surface area contributed by atoms with Gasteiger partial charge in [0.15, 0.2) is 11.0 Å². The molecule has 1 saturated heterocycles. The fraction of sp³-hybridized carbons (Fsp3) is 0.636. The third kappa shape index (κ3) is 2.95. The summed E-state index contributed by atoms with van der Waals surface area (Å²) in [6, 6.07) is 0. The van der Waals surface area contributed by atoms with Gasteiger partial charge in [-0.2, -0.15) is 0 Å². The van der Waals surface area contributed by atoms with Crippen molar-refractivity contribution >= 4 is 39.8 Å². The molecule has 1 aromatic rings. The highest BCUT2D eigenvalue weighted by molar-refractivity contribution is 7.85. The first-order valence-electron chi connectivity index (χ1n) is 5.82. The maximum atomic E-state index is 11.4. The quantitative estimate of drug-likeness (QED) is 0.788. The zero-order valence-electron chi connectivity index (χ0n) is 10.3. The second kappa shape index (κ2) is 5.72. The van der Waals surface area contributed by atoms with Crippen LogP contribution < -0.4 is 4.90 Å². The molecule has 0 amide bonds. The molecule has 2 heterocycles. The Hall–Kier alpha value is -0.390. The highest BCUT2D eigenvalue weighted by Crippen LogP contribution is 2.31. The molecule has 0 N–H and O–H groups in total. The summed E-state index contributed by atoms with van der Waals surface area (Å²) in [4.78, 5) is 10.7. The van der Waals surface area contributed by atoms with Gasteiger partial charge < -0.3 is 4.90 Å².